The molecule has 3 aromatic rings. The van der Waals surface area contributed by atoms with E-state index in [1.807, 2.05) is 30.7 Å². The van der Waals surface area contributed by atoms with E-state index in [1.54, 1.807) is 6.33 Å². The molecule has 1 fully saturated rings. The maximum Gasteiger partial charge on any atom is 0.142 e. The average molecular weight is 268 g/mol. The highest BCUT2D eigenvalue weighted by atomic mass is 15.3. The summed E-state index contributed by atoms with van der Waals surface area (Å²) in [6.07, 6.45) is 9.75. The first-order valence-corrected chi connectivity index (χ1v) is 6.94. The summed E-state index contributed by atoms with van der Waals surface area (Å²) in [5.74, 6) is 1.02. The Bertz CT molecular complexity index is 701. The topological polar surface area (TPSA) is 62.6 Å². The largest absolute Gasteiger partial charge is 0.354 e. The van der Waals surface area contributed by atoms with E-state index in [-0.39, 0.29) is 0 Å². The summed E-state index contributed by atoms with van der Waals surface area (Å²) in [5.41, 5.74) is 0.899. The first-order valence-electron chi connectivity index (χ1n) is 6.94. The number of rotatable bonds is 2. The smallest absolute Gasteiger partial charge is 0.142 e. The molecule has 0 amide bonds. The van der Waals surface area contributed by atoms with Crippen LogP contribution >= 0.6 is 0 Å². The fraction of sp³-hybridized carbons (Fsp3) is 0.357. The molecule has 0 aliphatic carbocycles. The third-order valence-corrected chi connectivity index (χ3v) is 3.93. The van der Waals surface area contributed by atoms with E-state index in [1.165, 1.54) is 6.42 Å². The van der Waals surface area contributed by atoms with Gasteiger partial charge >= 0.3 is 0 Å². The van der Waals surface area contributed by atoms with Crippen LogP contribution < -0.4 is 4.90 Å². The molecule has 0 aromatic carbocycles. The molecule has 1 aliphatic rings. The zero-order valence-corrected chi connectivity index (χ0v) is 11.1. The molecule has 6 nitrogen and oxygen atoms in total. The first kappa shape index (κ1) is 11.5. The minimum Gasteiger partial charge on any atom is -0.354 e. The van der Waals surface area contributed by atoms with Crippen molar-refractivity contribution in [2.24, 2.45) is 0 Å². The highest BCUT2D eigenvalue weighted by Gasteiger charge is 2.23. The predicted octanol–water partition coefficient (Wildman–Crippen LogP) is 2.00. The Morgan fingerprint density at radius 3 is 3.20 bits per heavy atom. The van der Waals surface area contributed by atoms with Gasteiger partial charge in [-0.1, -0.05) is 0 Å². The van der Waals surface area contributed by atoms with Gasteiger partial charge in [0.2, 0.25) is 0 Å². The zero-order chi connectivity index (χ0) is 13.4. The standard InChI is InChI=1S/C14H16N6/c1-3-11(20-8-2-5-18-20)9-19(7-1)14-12-4-6-15-13(12)16-10-17-14/h2,4-6,8,10-11H,1,3,7,9H2,(H,15,16,17). The van der Waals surface area contributed by atoms with Crippen LogP contribution in [0.25, 0.3) is 11.0 Å². The molecule has 1 aliphatic heterocycles. The van der Waals surface area contributed by atoms with Crippen LogP contribution in [0.2, 0.25) is 0 Å². The van der Waals surface area contributed by atoms with Crippen LogP contribution in [0.1, 0.15) is 18.9 Å². The van der Waals surface area contributed by atoms with E-state index in [0.717, 1.165) is 36.4 Å². The predicted molar refractivity (Wildman–Crippen MR) is 76.6 cm³/mol. The third kappa shape index (κ3) is 1.84. The van der Waals surface area contributed by atoms with Crippen molar-refractivity contribution in [2.45, 2.75) is 18.9 Å². The van der Waals surface area contributed by atoms with Crippen LogP contribution in [0.15, 0.2) is 37.1 Å². The van der Waals surface area contributed by atoms with Gasteiger partial charge in [-0.3, -0.25) is 4.68 Å². The van der Waals surface area contributed by atoms with Crippen LogP contribution in [0.5, 0.6) is 0 Å². The van der Waals surface area contributed by atoms with Gasteiger partial charge in [-0.05, 0) is 25.0 Å². The highest BCUT2D eigenvalue weighted by molar-refractivity contribution is 5.87. The number of anilines is 1. The number of hydrogen-bond acceptors (Lipinski definition) is 4. The number of nitrogens with zero attached hydrogens (tertiary/aromatic N) is 5. The van der Waals surface area contributed by atoms with Gasteiger partial charge in [0.25, 0.3) is 0 Å². The molecule has 0 saturated carbocycles. The normalized spacial score (nSPS) is 19.6. The van der Waals surface area contributed by atoms with Crippen molar-refractivity contribution in [3.8, 4) is 0 Å². The van der Waals surface area contributed by atoms with Crippen molar-refractivity contribution >= 4 is 16.9 Å². The van der Waals surface area contributed by atoms with Crippen molar-refractivity contribution in [1.82, 2.24) is 24.7 Å². The first-order chi connectivity index (χ1) is 9.92. The summed E-state index contributed by atoms with van der Waals surface area (Å²) in [6, 6.07) is 4.44. The van der Waals surface area contributed by atoms with E-state index in [2.05, 4.69) is 29.6 Å². The van der Waals surface area contributed by atoms with E-state index in [4.69, 9.17) is 0 Å². The molecule has 1 saturated heterocycles. The Kier molecular flexibility index (Phi) is 2.65. The molecular formula is C14H16N6. The molecule has 1 unspecified atom stereocenters. The van der Waals surface area contributed by atoms with E-state index in [0.29, 0.717) is 6.04 Å². The van der Waals surface area contributed by atoms with Gasteiger partial charge in [0, 0.05) is 31.7 Å². The molecular weight excluding hydrogens is 252 g/mol. The summed E-state index contributed by atoms with van der Waals surface area (Å²) in [7, 11) is 0. The van der Waals surface area contributed by atoms with Gasteiger partial charge in [0.05, 0.1) is 11.4 Å². The molecule has 1 atom stereocenters. The van der Waals surface area contributed by atoms with Gasteiger partial charge < -0.3 is 9.88 Å². The van der Waals surface area contributed by atoms with Gasteiger partial charge in [-0.2, -0.15) is 5.10 Å². The Hall–Kier alpha value is -2.37. The second-order valence-electron chi connectivity index (χ2n) is 5.17. The monoisotopic (exact) mass is 268 g/mol. The molecule has 1 N–H and O–H groups in total. The molecule has 20 heavy (non-hydrogen) atoms. The van der Waals surface area contributed by atoms with Gasteiger partial charge in [0.15, 0.2) is 0 Å². The molecule has 102 valence electrons. The van der Waals surface area contributed by atoms with Crippen molar-refractivity contribution in [1.29, 1.82) is 0 Å². The lowest BCUT2D eigenvalue weighted by atomic mass is 10.1. The molecule has 6 heteroatoms. The number of hydrogen-bond donors (Lipinski definition) is 1. The second kappa shape index (κ2) is 4.63. The van der Waals surface area contributed by atoms with Crippen LogP contribution in [-0.2, 0) is 0 Å². The molecule has 0 spiro atoms. The molecule has 0 radical (unpaired) electrons. The lowest BCUT2D eigenvalue weighted by molar-refractivity contribution is 0.375. The Balaban J connectivity index is 1.66. The Morgan fingerprint density at radius 2 is 2.30 bits per heavy atom. The van der Waals surface area contributed by atoms with E-state index in [9.17, 15) is 0 Å². The summed E-state index contributed by atoms with van der Waals surface area (Å²) in [5, 5.41) is 5.46. The summed E-state index contributed by atoms with van der Waals surface area (Å²) < 4.78 is 2.06. The number of aromatic nitrogens is 5. The van der Waals surface area contributed by atoms with Crippen LogP contribution in [0, 0.1) is 0 Å². The van der Waals surface area contributed by atoms with Crippen molar-refractivity contribution < 1.29 is 0 Å². The lowest BCUT2D eigenvalue weighted by Gasteiger charge is -2.33. The number of H-pyrrole nitrogens is 1. The van der Waals surface area contributed by atoms with Crippen LogP contribution in [-0.4, -0.2) is 37.8 Å². The molecule has 0 bridgehead atoms. The quantitative estimate of drug-likeness (QED) is 0.772. The number of fused-ring (bicyclic) bond motifs is 1. The average Bonchev–Trinajstić information content (AvgIpc) is 3.18. The van der Waals surface area contributed by atoms with Crippen molar-refractivity contribution in [2.75, 3.05) is 18.0 Å². The number of nitrogens with one attached hydrogen (secondary N) is 1. The van der Waals surface area contributed by atoms with Gasteiger partial charge in [-0.15, -0.1) is 0 Å². The van der Waals surface area contributed by atoms with Gasteiger partial charge in [-0.25, -0.2) is 9.97 Å². The van der Waals surface area contributed by atoms with E-state index >= 15 is 0 Å². The van der Waals surface area contributed by atoms with Gasteiger partial charge in [0.1, 0.15) is 17.8 Å². The Morgan fingerprint density at radius 1 is 1.30 bits per heavy atom. The summed E-state index contributed by atoms with van der Waals surface area (Å²) in [4.78, 5) is 14.2. The summed E-state index contributed by atoms with van der Waals surface area (Å²) >= 11 is 0. The number of piperidine rings is 1. The second-order valence-corrected chi connectivity index (χ2v) is 5.17. The summed E-state index contributed by atoms with van der Waals surface area (Å²) in [6.45, 7) is 1.98. The minimum absolute atomic E-state index is 0.419. The molecule has 3 aromatic heterocycles. The van der Waals surface area contributed by atoms with Crippen molar-refractivity contribution in [3.05, 3.63) is 37.1 Å². The number of aromatic amines is 1. The zero-order valence-electron chi connectivity index (χ0n) is 11.1. The van der Waals surface area contributed by atoms with Crippen molar-refractivity contribution in [3.63, 3.8) is 0 Å². The minimum atomic E-state index is 0.419. The molecule has 4 rings (SSSR count). The fourth-order valence-corrected chi connectivity index (χ4v) is 2.97. The maximum absolute atomic E-state index is 4.48. The fourth-order valence-electron chi connectivity index (χ4n) is 2.97. The SMILES string of the molecule is c1cnn(C2CCCN(c3ncnc4[nH]ccc34)C2)c1. The third-order valence-electron chi connectivity index (χ3n) is 3.93. The lowest BCUT2D eigenvalue weighted by Crippen LogP contribution is -2.37. The van der Waals surface area contributed by atoms with Crippen LogP contribution in [0.3, 0.4) is 0 Å². The molecule has 4 heterocycles. The Labute approximate surface area is 116 Å². The van der Waals surface area contributed by atoms with E-state index < -0.39 is 0 Å². The highest BCUT2D eigenvalue weighted by Crippen LogP contribution is 2.28. The maximum atomic E-state index is 4.48. The van der Waals surface area contributed by atoms with Crippen LogP contribution in [0.4, 0.5) is 5.82 Å².